The van der Waals surface area contributed by atoms with Crippen molar-refractivity contribution in [2.24, 2.45) is 0 Å². The van der Waals surface area contributed by atoms with Crippen LogP contribution in [0.3, 0.4) is 0 Å². The summed E-state index contributed by atoms with van der Waals surface area (Å²) in [6.45, 7) is 5.90. The number of methoxy groups -OCH3 is 1. The molecule has 0 saturated carbocycles. The quantitative estimate of drug-likeness (QED) is 0.875. The van der Waals surface area contributed by atoms with Crippen molar-refractivity contribution in [1.82, 2.24) is 15.1 Å². The molecule has 26 heavy (non-hydrogen) atoms. The van der Waals surface area contributed by atoms with E-state index in [0.717, 1.165) is 63.5 Å². The van der Waals surface area contributed by atoms with Gasteiger partial charge in [0.1, 0.15) is 5.75 Å². The largest absolute Gasteiger partial charge is 0.497 e. The minimum absolute atomic E-state index is 0.0565. The lowest BCUT2D eigenvalue weighted by molar-refractivity contribution is 0.0260. The highest BCUT2D eigenvalue weighted by Gasteiger charge is 2.27. The zero-order chi connectivity index (χ0) is 18.2. The van der Waals surface area contributed by atoms with Crippen molar-refractivity contribution >= 4 is 6.03 Å². The van der Waals surface area contributed by atoms with Crippen LogP contribution >= 0.6 is 0 Å². The van der Waals surface area contributed by atoms with E-state index in [-0.39, 0.29) is 6.03 Å². The lowest BCUT2D eigenvalue weighted by Gasteiger charge is -2.36. The van der Waals surface area contributed by atoms with E-state index in [1.807, 2.05) is 24.3 Å². The molecule has 2 aliphatic rings. The van der Waals surface area contributed by atoms with Crippen LogP contribution < -0.4 is 10.1 Å². The SMILES string of the molecule is COc1ccc(CNC(=O)N2CCCCCC2CN2CCOCC2)cc1. The van der Waals surface area contributed by atoms with Gasteiger partial charge in [-0.15, -0.1) is 0 Å². The van der Waals surface area contributed by atoms with Crippen LogP contribution in [0.1, 0.15) is 31.2 Å². The summed E-state index contributed by atoms with van der Waals surface area (Å²) in [4.78, 5) is 17.3. The van der Waals surface area contributed by atoms with Gasteiger partial charge in [-0.3, -0.25) is 4.90 Å². The van der Waals surface area contributed by atoms with Gasteiger partial charge in [0.2, 0.25) is 0 Å². The van der Waals surface area contributed by atoms with Crippen molar-refractivity contribution in [3.63, 3.8) is 0 Å². The van der Waals surface area contributed by atoms with Crippen molar-refractivity contribution in [2.75, 3.05) is 46.5 Å². The Morgan fingerprint density at radius 3 is 2.65 bits per heavy atom. The second kappa shape index (κ2) is 9.78. The minimum Gasteiger partial charge on any atom is -0.497 e. The number of ether oxygens (including phenoxy) is 2. The highest BCUT2D eigenvalue weighted by atomic mass is 16.5. The number of amides is 2. The van der Waals surface area contributed by atoms with E-state index in [0.29, 0.717) is 12.6 Å². The van der Waals surface area contributed by atoms with E-state index in [9.17, 15) is 4.79 Å². The van der Waals surface area contributed by atoms with Gasteiger partial charge in [-0.25, -0.2) is 4.79 Å². The fourth-order valence-electron chi connectivity index (χ4n) is 3.74. The average molecular weight is 361 g/mol. The van der Waals surface area contributed by atoms with Crippen LogP contribution in [0.5, 0.6) is 5.75 Å². The van der Waals surface area contributed by atoms with E-state index < -0.39 is 0 Å². The number of morpholine rings is 1. The number of carbonyl (C=O) groups excluding carboxylic acids is 1. The van der Waals surface area contributed by atoms with E-state index in [1.54, 1.807) is 7.11 Å². The summed E-state index contributed by atoms with van der Waals surface area (Å²) in [5, 5.41) is 3.10. The second-order valence-corrected chi connectivity index (χ2v) is 7.12. The molecule has 1 aromatic carbocycles. The summed E-state index contributed by atoms with van der Waals surface area (Å²) in [5.41, 5.74) is 1.08. The lowest BCUT2D eigenvalue weighted by atomic mass is 10.1. The maximum Gasteiger partial charge on any atom is 0.317 e. The molecule has 2 fully saturated rings. The van der Waals surface area contributed by atoms with E-state index in [1.165, 1.54) is 12.8 Å². The summed E-state index contributed by atoms with van der Waals surface area (Å²) < 4.78 is 10.6. The normalized spacial score (nSPS) is 21.9. The zero-order valence-electron chi connectivity index (χ0n) is 15.8. The van der Waals surface area contributed by atoms with Gasteiger partial charge in [-0.2, -0.15) is 0 Å². The smallest absolute Gasteiger partial charge is 0.317 e. The maximum absolute atomic E-state index is 12.8. The van der Waals surface area contributed by atoms with Crippen LogP contribution in [-0.4, -0.2) is 68.4 Å². The molecule has 1 unspecified atom stereocenters. The Balaban J connectivity index is 1.56. The molecule has 0 bridgehead atoms. The molecule has 0 aliphatic carbocycles. The first kappa shape index (κ1) is 19.0. The van der Waals surface area contributed by atoms with Gasteiger partial charge in [0.05, 0.1) is 20.3 Å². The highest BCUT2D eigenvalue weighted by molar-refractivity contribution is 5.74. The highest BCUT2D eigenvalue weighted by Crippen LogP contribution is 2.19. The fraction of sp³-hybridized carbons (Fsp3) is 0.650. The molecule has 144 valence electrons. The maximum atomic E-state index is 12.8. The molecule has 6 nitrogen and oxygen atoms in total. The fourth-order valence-corrected chi connectivity index (χ4v) is 3.74. The van der Waals surface area contributed by atoms with E-state index >= 15 is 0 Å². The van der Waals surface area contributed by atoms with Crippen LogP contribution in [0.2, 0.25) is 0 Å². The number of hydrogen-bond donors (Lipinski definition) is 1. The van der Waals surface area contributed by atoms with Crippen molar-refractivity contribution in [3.05, 3.63) is 29.8 Å². The number of benzene rings is 1. The van der Waals surface area contributed by atoms with Gasteiger partial charge in [0.25, 0.3) is 0 Å². The zero-order valence-corrected chi connectivity index (χ0v) is 15.8. The molecule has 1 N–H and O–H groups in total. The van der Waals surface area contributed by atoms with Crippen molar-refractivity contribution in [2.45, 2.75) is 38.3 Å². The van der Waals surface area contributed by atoms with Gasteiger partial charge >= 0.3 is 6.03 Å². The molecule has 1 atom stereocenters. The van der Waals surface area contributed by atoms with E-state index in [2.05, 4.69) is 15.1 Å². The first-order chi connectivity index (χ1) is 12.8. The van der Waals surface area contributed by atoms with Crippen LogP contribution in [0.25, 0.3) is 0 Å². The molecule has 1 aromatic rings. The number of nitrogens with one attached hydrogen (secondary N) is 1. The van der Waals surface area contributed by atoms with Crippen LogP contribution in [0, 0.1) is 0 Å². The molecular formula is C20H31N3O3. The number of rotatable bonds is 5. The Bertz CT molecular complexity index is 558. The van der Waals surface area contributed by atoms with Crippen molar-refractivity contribution < 1.29 is 14.3 Å². The third-order valence-electron chi connectivity index (χ3n) is 5.31. The van der Waals surface area contributed by atoms with Crippen LogP contribution in [-0.2, 0) is 11.3 Å². The number of nitrogens with zero attached hydrogens (tertiary/aromatic N) is 2. The molecule has 6 heteroatoms. The third kappa shape index (κ3) is 5.35. The van der Waals surface area contributed by atoms with Gasteiger partial charge in [-0.1, -0.05) is 25.0 Å². The first-order valence-corrected chi connectivity index (χ1v) is 9.74. The Morgan fingerprint density at radius 2 is 1.92 bits per heavy atom. The predicted octanol–water partition coefficient (Wildman–Crippen LogP) is 2.48. The number of likely N-dealkylation sites (tertiary alicyclic amines) is 1. The number of urea groups is 1. The topological polar surface area (TPSA) is 54.0 Å². The van der Waals surface area contributed by atoms with Crippen molar-refractivity contribution in [1.29, 1.82) is 0 Å². The summed E-state index contributed by atoms with van der Waals surface area (Å²) in [6.07, 6.45) is 4.60. The van der Waals surface area contributed by atoms with Gasteiger partial charge < -0.3 is 19.7 Å². The van der Waals surface area contributed by atoms with Crippen LogP contribution in [0.15, 0.2) is 24.3 Å². The Kier molecular flexibility index (Phi) is 7.14. The summed E-state index contributed by atoms with van der Waals surface area (Å²) in [6, 6.07) is 8.19. The second-order valence-electron chi connectivity index (χ2n) is 7.12. The standard InChI is InChI=1S/C20H31N3O3/c1-25-19-8-6-17(7-9-19)15-21-20(24)23-10-4-2-3-5-18(23)16-22-11-13-26-14-12-22/h6-9,18H,2-5,10-16H2,1H3,(H,21,24). The summed E-state index contributed by atoms with van der Waals surface area (Å²) in [7, 11) is 1.66. The minimum atomic E-state index is 0.0565. The predicted molar refractivity (Wildman–Crippen MR) is 101 cm³/mol. The summed E-state index contributed by atoms with van der Waals surface area (Å²) in [5.74, 6) is 0.832. The molecule has 0 radical (unpaired) electrons. The number of carbonyl (C=O) groups is 1. The van der Waals surface area contributed by atoms with Gasteiger partial charge in [-0.05, 0) is 30.5 Å². The van der Waals surface area contributed by atoms with Crippen LogP contribution in [0.4, 0.5) is 4.79 Å². The molecule has 2 saturated heterocycles. The summed E-state index contributed by atoms with van der Waals surface area (Å²) >= 11 is 0. The molecule has 2 amide bonds. The van der Waals surface area contributed by atoms with Gasteiger partial charge in [0, 0.05) is 38.8 Å². The monoisotopic (exact) mass is 361 g/mol. The Labute approximate surface area is 156 Å². The first-order valence-electron chi connectivity index (χ1n) is 9.74. The number of hydrogen-bond acceptors (Lipinski definition) is 4. The molecule has 0 aromatic heterocycles. The molecule has 3 rings (SSSR count). The lowest BCUT2D eigenvalue weighted by Crippen LogP contribution is -2.51. The molecule has 2 heterocycles. The Morgan fingerprint density at radius 1 is 1.15 bits per heavy atom. The molecule has 0 spiro atoms. The third-order valence-corrected chi connectivity index (χ3v) is 5.31. The van der Waals surface area contributed by atoms with Gasteiger partial charge in [0.15, 0.2) is 0 Å². The molecule has 2 aliphatic heterocycles. The Hall–Kier alpha value is -1.79. The van der Waals surface area contributed by atoms with E-state index in [4.69, 9.17) is 9.47 Å². The average Bonchev–Trinajstić information content (AvgIpc) is 2.93. The molecular weight excluding hydrogens is 330 g/mol. The van der Waals surface area contributed by atoms with Crippen molar-refractivity contribution in [3.8, 4) is 5.75 Å².